The fraction of sp³-hybridized carbons (Fsp3) is 0.625. The van der Waals surface area contributed by atoms with Crippen LogP contribution in [0.2, 0.25) is 0 Å². The van der Waals surface area contributed by atoms with Gasteiger partial charge in [0.2, 0.25) is 0 Å². The minimum atomic E-state index is -0.233. The lowest BCUT2D eigenvalue weighted by Gasteiger charge is -2.23. The van der Waals surface area contributed by atoms with E-state index in [0.717, 1.165) is 30.7 Å². The summed E-state index contributed by atoms with van der Waals surface area (Å²) in [5.74, 6) is 0.504. The summed E-state index contributed by atoms with van der Waals surface area (Å²) in [6.45, 7) is 8.22. The van der Waals surface area contributed by atoms with Crippen LogP contribution in [0.15, 0.2) is 18.2 Å². The monoisotopic (exact) mass is 283 g/mol. The van der Waals surface area contributed by atoms with Gasteiger partial charge < -0.3 is 14.8 Å². The van der Waals surface area contributed by atoms with Gasteiger partial charge in [-0.05, 0) is 45.0 Å². The molecule has 0 saturated carbocycles. The van der Waals surface area contributed by atoms with Gasteiger partial charge in [0.1, 0.15) is 11.6 Å². The van der Waals surface area contributed by atoms with E-state index in [0.29, 0.717) is 13.2 Å². The molecule has 0 saturated heterocycles. The van der Waals surface area contributed by atoms with E-state index in [9.17, 15) is 4.39 Å². The molecular formula is C16H26FNO2. The van der Waals surface area contributed by atoms with Gasteiger partial charge in [0.25, 0.3) is 0 Å². The number of nitrogens with one attached hydrogen (secondary N) is 1. The van der Waals surface area contributed by atoms with Crippen LogP contribution >= 0.6 is 0 Å². The van der Waals surface area contributed by atoms with Crippen LogP contribution in [0, 0.1) is 5.82 Å². The molecule has 0 bridgehead atoms. The van der Waals surface area contributed by atoms with E-state index in [4.69, 9.17) is 9.47 Å². The standard InChI is InChI=1S/C16H26FNO2/c1-5-9-18-12-13-11-14(17)6-7-15(13)20-10-8-16(2,3)19-4/h6-7,11,18H,5,8-10,12H2,1-4H3. The topological polar surface area (TPSA) is 30.5 Å². The highest BCUT2D eigenvalue weighted by Gasteiger charge is 2.16. The minimum absolute atomic E-state index is 0.208. The van der Waals surface area contributed by atoms with Crippen LogP contribution < -0.4 is 10.1 Å². The minimum Gasteiger partial charge on any atom is -0.493 e. The van der Waals surface area contributed by atoms with Gasteiger partial charge in [0, 0.05) is 25.6 Å². The van der Waals surface area contributed by atoms with Crippen molar-refractivity contribution >= 4 is 0 Å². The summed E-state index contributed by atoms with van der Waals surface area (Å²) in [4.78, 5) is 0. The largest absolute Gasteiger partial charge is 0.493 e. The normalized spacial score (nSPS) is 11.7. The summed E-state index contributed by atoms with van der Waals surface area (Å²) in [7, 11) is 1.69. The van der Waals surface area contributed by atoms with Crippen LogP contribution in [0.4, 0.5) is 4.39 Å². The average molecular weight is 283 g/mol. The van der Waals surface area contributed by atoms with Crippen LogP contribution in [0.3, 0.4) is 0 Å². The van der Waals surface area contributed by atoms with Crippen molar-refractivity contribution in [3.63, 3.8) is 0 Å². The van der Waals surface area contributed by atoms with E-state index in [1.165, 1.54) is 12.1 Å². The van der Waals surface area contributed by atoms with Gasteiger partial charge in [0.15, 0.2) is 0 Å². The number of benzene rings is 1. The molecule has 0 atom stereocenters. The number of rotatable bonds is 9. The number of halogens is 1. The first kappa shape index (κ1) is 16.9. The van der Waals surface area contributed by atoms with Crippen molar-refractivity contribution < 1.29 is 13.9 Å². The maximum Gasteiger partial charge on any atom is 0.123 e. The highest BCUT2D eigenvalue weighted by atomic mass is 19.1. The van der Waals surface area contributed by atoms with E-state index in [-0.39, 0.29) is 11.4 Å². The Hall–Kier alpha value is -1.13. The molecule has 1 aromatic carbocycles. The molecule has 0 fully saturated rings. The second-order valence-corrected chi connectivity index (χ2v) is 5.49. The van der Waals surface area contributed by atoms with Crippen LogP contribution in [0.5, 0.6) is 5.75 Å². The molecule has 0 heterocycles. The SMILES string of the molecule is CCCNCc1cc(F)ccc1OCCC(C)(C)OC. The first-order valence-corrected chi connectivity index (χ1v) is 7.15. The molecule has 20 heavy (non-hydrogen) atoms. The van der Waals surface area contributed by atoms with E-state index < -0.39 is 0 Å². The van der Waals surface area contributed by atoms with E-state index in [1.54, 1.807) is 13.2 Å². The molecular weight excluding hydrogens is 257 g/mol. The zero-order chi connectivity index (χ0) is 15.0. The number of hydrogen-bond acceptors (Lipinski definition) is 3. The van der Waals surface area contributed by atoms with Gasteiger partial charge in [-0.3, -0.25) is 0 Å². The quantitative estimate of drug-likeness (QED) is 0.703. The Bertz CT molecular complexity index is 407. The fourth-order valence-electron chi connectivity index (χ4n) is 1.74. The summed E-state index contributed by atoms with van der Waals surface area (Å²) in [6, 6.07) is 4.65. The molecule has 4 heteroatoms. The highest BCUT2D eigenvalue weighted by Crippen LogP contribution is 2.21. The second-order valence-electron chi connectivity index (χ2n) is 5.49. The van der Waals surface area contributed by atoms with Crippen LogP contribution in [-0.2, 0) is 11.3 Å². The lowest BCUT2D eigenvalue weighted by atomic mass is 10.1. The van der Waals surface area contributed by atoms with Crippen molar-refractivity contribution in [1.82, 2.24) is 5.32 Å². The van der Waals surface area contributed by atoms with E-state index in [1.807, 2.05) is 13.8 Å². The Morgan fingerprint density at radius 2 is 2.05 bits per heavy atom. The lowest BCUT2D eigenvalue weighted by molar-refractivity contribution is 0.00536. The first-order valence-electron chi connectivity index (χ1n) is 7.15. The molecule has 114 valence electrons. The molecule has 0 aromatic heterocycles. The van der Waals surface area contributed by atoms with Gasteiger partial charge >= 0.3 is 0 Å². The van der Waals surface area contributed by atoms with Crippen molar-refractivity contribution in [2.45, 2.75) is 45.8 Å². The zero-order valence-electron chi connectivity index (χ0n) is 13.0. The summed E-state index contributed by atoms with van der Waals surface area (Å²) < 4.78 is 24.4. The molecule has 0 aliphatic rings. The Balaban J connectivity index is 2.59. The number of hydrogen-bond donors (Lipinski definition) is 1. The summed E-state index contributed by atoms with van der Waals surface area (Å²) in [5.41, 5.74) is 0.648. The van der Waals surface area contributed by atoms with Crippen molar-refractivity contribution in [1.29, 1.82) is 0 Å². The second kappa shape index (κ2) is 8.22. The fourth-order valence-corrected chi connectivity index (χ4v) is 1.74. The molecule has 0 radical (unpaired) electrons. The van der Waals surface area contributed by atoms with Crippen molar-refractivity contribution in [2.24, 2.45) is 0 Å². The van der Waals surface area contributed by atoms with Gasteiger partial charge in [-0.2, -0.15) is 0 Å². The Labute approximate surface area is 121 Å². The lowest BCUT2D eigenvalue weighted by Crippen LogP contribution is -2.25. The maximum absolute atomic E-state index is 13.3. The number of methoxy groups -OCH3 is 1. The van der Waals surface area contributed by atoms with Gasteiger partial charge in [-0.15, -0.1) is 0 Å². The molecule has 1 aromatic rings. The van der Waals surface area contributed by atoms with Crippen LogP contribution in [0.1, 0.15) is 39.2 Å². The van der Waals surface area contributed by atoms with Crippen LogP contribution in [-0.4, -0.2) is 25.9 Å². The van der Waals surface area contributed by atoms with Crippen molar-refractivity contribution in [2.75, 3.05) is 20.3 Å². The third kappa shape index (κ3) is 5.88. The van der Waals surface area contributed by atoms with Gasteiger partial charge in [0.05, 0.1) is 12.2 Å². The predicted molar refractivity (Wildman–Crippen MR) is 79.6 cm³/mol. The number of ether oxygens (including phenoxy) is 2. The van der Waals surface area contributed by atoms with Crippen LogP contribution in [0.25, 0.3) is 0 Å². The molecule has 0 unspecified atom stereocenters. The first-order chi connectivity index (χ1) is 9.48. The molecule has 0 aliphatic heterocycles. The molecule has 1 rings (SSSR count). The summed E-state index contributed by atoms with van der Waals surface area (Å²) in [5, 5.41) is 3.27. The molecule has 0 aliphatic carbocycles. The summed E-state index contributed by atoms with van der Waals surface area (Å²) in [6.07, 6.45) is 1.83. The highest BCUT2D eigenvalue weighted by molar-refractivity contribution is 5.33. The predicted octanol–water partition coefficient (Wildman–Crippen LogP) is 3.52. The van der Waals surface area contributed by atoms with E-state index in [2.05, 4.69) is 12.2 Å². The molecule has 0 spiro atoms. The molecule has 1 N–H and O–H groups in total. The smallest absolute Gasteiger partial charge is 0.123 e. The maximum atomic E-state index is 13.3. The molecule has 3 nitrogen and oxygen atoms in total. The van der Waals surface area contributed by atoms with Crippen molar-refractivity contribution in [3.8, 4) is 5.75 Å². The van der Waals surface area contributed by atoms with Gasteiger partial charge in [-0.1, -0.05) is 6.92 Å². The average Bonchev–Trinajstić information content (AvgIpc) is 2.41. The van der Waals surface area contributed by atoms with Crippen molar-refractivity contribution in [3.05, 3.63) is 29.6 Å². The Morgan fingerprint density at radius 3 is 2.70 bits per heavy atom. The Morgan fingerprint density at radius 1 is 1.30 bits per heavy atom. The third-order valence-electron chi connectivity index (χ3n) is 3.28. The third-order valence-corrected chi connectivity index (χ3v) is 3.28. The zero-order valence-corrected chi connectivity index (χ0v) is 13.0. The Kier molecular flexibility index (Phi) is 6.96. The van der Waals surface area contributed by atoms with Gasteiger partial charge in [-0.25, -0.2) is 4.39 Å². The summed E-state index contributed by atoms with van der Waals surface area (Å²) >= 11 is 0. The van der Waals surface area contributed by atoms with E-state index >= 15 is 0 Å². The molecule has 0 amide bonds.